The van der Waals surface area contributed by atoms with Gasteiger partial charge in [-0.15, -0.1) is 0 Å². The van der Waals surface area contributed by atoms with Crippen molar-refractivity contribution in [3.63, 3.8) is 0 Å². The Labute approximate surface area is 129 Å². The van der Waals surface area contributed by atoms with Crippen LogP contribution in [0, 0.1) is 0 Å². The van der Waals surface area contributed by atoms with Crippen molar-refractivity contribution >= 4 is 17.5 Å². The Morgan fingerprint density at radius 3 is 2.59 bits per heavy atom. The van der Waals surface area contributed by atoms with Gasteiger partial charge >= 0.3 is 0 Å². The number of carbonyl (C=O) groups excluding carboxylic acids is 2. The summed E-state index contributed by atoms with van der Waals surface area (Å²) in [6.45, 7) is 2.08. The molecule has 0 saturated carbocycles. The first kappa shape index (κ1) is 16.1. The first-order valence-corrected chi connectivity index (χ1v) is 7.01. The van der Waals surface area contributed by atoms with Gasteiger partial charge in [0, 0.05) is 19.2 Å². The normalized spacial score (nSPS) is 14.4. The molecule has 22 heavy (non-hydrogen) atoms. The van der Waals surface area contributed by atoms with Crippen molar-refractivity contribution in [3.05, 3.63) is 18.2 Å². The van der Waals surface area contributed by atoms with E-state index in [0.29, 0.717) is 43.5 Å². The van der Waals surface area contributed by atoms with E-state index in [4.69, 9.17) is 14.2 Å². The summed E-state index contributed by atoms with van der Waals surface area (Å²) in [5.74, 6) is 0.527. The highest BCUT2D eigenvalue weighted by Crippen LogP contribution is 2.29. The first-order valence-electron chi connectivity index (χ1n) is 7.01. The van der Waals surface area contributed by atoms with Crippen LogP contribution in [0.25, 0.3) is 0 Å². The predicted molar refractivity (Wildman–Crippen MR) is 80.2 cm³/mol. The lowest BCUT2D eigenvalue weighted by Gasteiger charge is -2.26. The Balaban J connectivity index is 1.95. The zero-order chi connectivity index (χ0) is 15.9. The third kappa shape index (κ3) is 4.11. The Morgan fingerprint density at radius 1 is 1.23 bits per heavy atom. The zero-order valence-electron chi connectivity index (χ0n) is 12.8. The molecule has 1 aliphatic rings. The fourth-order valence-corrected chi connectivity index (χ4v) is 2.16. The van der Waals surface area contributed by atoms with E-state index in [1.54, 1.807) is 30.2 Å². The molecule has 2 rings (SSSR count). The molecule has 1 aromatic rings. The maximum absolute atomic E-state index is 12.0. The monoisotopic (exact) mass is 308 g/mol. The number of anilines is 1. The molecule has 120 valence electrons. The molecule has 0 bridgehead atoms. The molecule has 1 heterocycles. The van der Waals surface area contributed by atoms with Crippen LogP contribution in [0.2, 0.25) is 0 Å². The molecule has 1 aliphatic heterocycles. The second kappa shape index (κ2) is 7.65. The number of morpholine rings is 1. The number of methoxy groups -OCH3 is 2. The van der Waals surface area contributed by atoms with Gasteiger partial charge in [0.25, 0.3) is 0 Å². The Morgan fingerprint density at radius 2 is 1.95 bits per heavy atom. The largest absolute Gasteiger partial charge is 0.497 e. The van der Waals surface area contributed by atoms with Crippen LogP contribution in [0.4, 0.5) is 5.69 Å². The highest BCUT2D eigenvalue weighted by molar-refractivity contribution is 6.04. The minimum Gasteiger partial charge on any atom is -0.497 e. The maximum atomic E-state index is 12.0. The Kier molecular flexibility index (Phi) is 5.60. The number of hydrogen-bond acceptors (Lipinski definition) is 5. The van der Waals surface area contributed by atoms with Gasteiger partial charge in [0.1, 0.15) is 17.9 Å². The number of rotatable bonds is 5. The number of nitrogens with one attached hydrogen (secondary N) is 1. The van der Waals surface area contributed by atoms with E-state index >= 15 is 0 Å². The fraction of sp³-hybridized carbons (Fsp3) is 0.467. The lowest BCUT2D eigenvalue weighted by atomic mass is 10.2. The predicted octanol–water partition coefficient (Wildman–Crippen LogP) is 0.891. The molecule has 0 aliphatic carbocycles. The molecular weight excluding hydrogens is 288 g/mol. The van der Waals surface area contributed by atoms with Crippen LogP contribution in [-0.2, 0) is 14.3 Å². The number of benzene rings is 1. The molecule has 7 heteroatoms. The number of carbonyl (C=O) groups is 2. The van der Waals surface area contributed by atoms with E-state index < -0.39 is 0 Å². The highest BCUT2D eigenvalue weighted by atomic mass is 16.5. The van der Waals surface area contributed by atoms with Gasteiger partial charge in [-0.2, -0.15) is 0 Å². The van der Waals surface area contributed by atoms with Gasteiger partial charge in [-0.3, -0.25) is 9.59 Å². The highest BCUT2D eigenvalue weighted by Gasteiger charge is 2.20. The van der Waals surface area contributed by atoms with Gasteiger partial charge in [0.2, 0.25) is 11.8 Å². The van der Waals surface area contributed by atoms with Crippen LogP contribution < -0.4 is 14.8 Å². The van der Waals surface area contributed by atoms with Crippen molar-refractivity contribution in [1.29, 1.82) is 0 Å². The summed E-state index contributed by atoms with van der Waals surface area (Å²) in [5.41, 5.74) is 0.503. The van der Waals surface area contributed by atoms with Crippen LogP contribution in [-0.4, -0.2) is 57.2 Å². The fourth-order valence-electron chi connectivity index (χ4n) is 2.16. The number of ether oxygens (including phenoxy) is 3. The molecular formula is C15H20N2O5. The molecule has 0 spiro atoms. The lowest BCUT2D eigenvalue weighted by molar-refractivity contribution is -0.138. The van der Waals surface area contributed by atoms with E-state index in [1.807, 2.05) is 0 Å². The molecule has 0 unspecified atom stereocenters. The molecule has 1 N–H and O–H groups in total. The molecule has 0 atom stereocenters. The molecule has 2 amide bonds. The van der Waals surface area contributed by atoms with Gasteiger partial charge in [-0.25, -0.2) is 0 Å². The smallest absolute Gasteiger partial charge is 0.233 e. The minimum atomic E-state index is -0.375. The molecule has 1 fully saturated rings. The maximum Gasteiger partial charge on any atom is 0.233 e. The Hall–Kier alpha value is -2.28. The molecule has 0 radical (unpaired) electrons. The summed E-state index contributed by atoms with van der Waals surface area (Å²) in [6.07, 6.45) is -0.199. The van der Waals surface area contributed by atoms with Gasteiger partial charge in [-0.05, 0) is 12.1 Å². The molecule has 1 aromatic carbocycles. The van der Waals surface area contributed by atoms with Crippen molar-refractivity contribution in [2.45, 2.75) is 6.42 Å². The van der Waals surface area contributed by atoms with E-state index in [0.717, 1.165) is 0 Å². The van der Waals surface area contributed by atoms with Crippen LogP contribution in [0.15, 0.2) is 18.2 Å². The van der Waals surface area contributed by atoms with Crippen LogP contribution in [0.5, 0.6) is 11.5 Å². The minimum absolute atomic E-state index is 0.199. The lowest BCUT2D eigenvalue weighted by Crippen LogP contribution is -2.41. The van der Waals surface area contributed by atoms with E-state index in [2.05, 4.69) is 5.32 Å². The number of amides is 2. The average Bonchev–Trinajstić information content (AvgIpc) is 2.55. The van der Waals surface area contributed by atoms with Crippen LogP contribution in [0.1, 0.15) is 6.42 Å². The van der Waals surface area contributed by atoms with Crippen molar-refractivity contribution in [3.8, 4) is 11.5 Å². The van der Waals surface area contributed by atoms with Crippen molar-refractivity contribution in [2.24, 2.45) is 0 Å². The number of hydrogen-bond donors (Lipinski definition) is 1. The molecule has 0 aromatic heterocycles. The summed E-state index contributed by atoms with van der Waals surface area (Å²) in [5, 5.41) is 2.68. The number of nitrogens with zero attached hydrogens (tertiary/aromatic N) is 1. The summed E-state index contributed by atoms with van der Waals surface area (Å²) in [4.78, 5) is 25.7. The summed E-state index contributed by atoms with van der Waals surface area (Å²) in [6, 6.07) is 5.05. The standard InChI is InChI=1S/C15H20N2O5/c1-20-11-3-4-12(13(9-11)21-2)16-14(18)10-15(19)17-5-7-22-8-6-17/h3-4,9H,5-8,10H2,1-2H3,(H,16,18). The quantitative estimate of drug-likeness (QED) is 0.818. The second-order valence-electron chi connectivity index (χ2n) is 4.78. The summed E-state index contributed by atoms with van der Waals surface area (Å²) in [7, 11) is 3.05. The van der Waals surface area contributed by atoms with Crippen molar-refractivity contribution in [2.75, 3.05) is 45.8 Å². The van der Waals surface area contributed by atoms with E-state index in [9.17, 15) is 9.59 Å². The average molecular weight is 308 g/mol. The second-order valence-corrected chi connectivity index (χ2v) is 4.78. The van der Waals surface area contributed by atoms with Crippen molar-refractivity contribution < 1.29 is 23.8 Å². The van der Waals surface area contributed by atoms with E-state index in [1.165, 1.54) is 7.11 Å². The summed E-state index contributed by atoms with van der Waals surface area (Å²) >= 11 is 0. The van der Waals surface area contributed by atoms with Crippen molar-refractivity contribution in [1.82, 2.24) is 4.90 Å². The van der Waals surface area contributed by atoms with Gasteiger partial charge < -0.3 is 24.4 Å². The van der Waals surface area contributed by atoms with E-state index in [-0.39, 0.29) is 18.2 Å². The van der Waals surface area contributed by atoms with Gasteiger partial charge in [0.05, 0.1) is 33.1 Å². The van der Waals surface area contributed by atoms with Gasteiger partial charge in [0.15, 0.2) is 0 Å². The Bertz CT molecular complexity index is 541. The molecule has 7 nitrogen and oxygen atoms in total. The van der Waals surface area contributed by atoms with Gasteiger partial charge in [-0.1, -0.05) is 0 Å². The van der Waals surface area contributed by atoms with Crippen LogP contribution in [0.3, 0.4) is 0 Å². The SMILES string of the molecule is COc1ccc(NC(=O)CC(=O)N2CCOCC2)c(OC)c1. The van der Waals surface area contributed by atoms with Crippen LogP contribution >= 0.6 is 0 Å². The zero-order valence-corrected chi connectivity index (χ0v) is 12.8. The third-order valence-electron chi connectivity index (χ3n) is 3.36. The topological polar surface area (TPSA) is 77.1 Å². The molecule has 1 saturated heterocycles. The summed E-state index contributed by atoms with van der Waals surface area (Å²) < 4.78 is 15.5. The first-order chi connectivity index (χ1) is 10.6. The third-order valence-corrected chi connectivity index (χ3v) is 3.36.